The zero-order valence-electron chi connectivity index (χ0n) is 11.0. The second-order valence-electron chi connectivity index (χ2n) is 4.56. The molecule has 0 radical (unpaired) electrons. The summed E-state index contributed by atoms with van der Waals surface area (Å²) in [6, 6.07) is 2.06. The number of aryl methyl sites for hydroxylation is 2. The summed E-state index contributed by atoms with van der Waals surface area (Å²) in [5.74, 6) is -0.443. The summed E-state index contributed by atoms with van der Waals surface area (Å²) >= 11 is 0. The average molecular weight is 248 g/mol. The Morgan fingerprint density at radius 1 is 1.50 bits per heavy atom. The fourth-order valence-corrected chi connectivity index (χ4v) is 2.34. The molecule has 1 aliphatic heterocycles. The fourth-order valence-electron chi connectivity index (χ4n) is 2.34. The molecule has 2 rings (SSSR count). The maximum Gasteiger partial charge on any atom is 0.267 e. The number of hydrogen-bond donors (Lipinski definition) is 2. The molecule has 1 aliphatic rings. The van der Waals surface area contributed by atoms with Gasteiger partial charge in [0.05, 0.1) is 11.4 Å². The molecule has 18 heavy (non-hydrogen) atoms. The van der Waals surface area contributed by atoms with Crippen molar-refractivity contribution >= 4 is 11.6 Å². The van der Waals surface area contributed by atoms with Crippen LogP contribution >= 0.6 is 0 Å². The molecule has 3 N–H and O–H groups in total. The van der Waals surface area contributed by atoms with E-state index in [1.807, 2.05) is 13.8 Å². The molecular weight excluding hydrogens is 228 g/mol. The lowest BCUT2D eigenvalue weighted by molar-refractivity contribution is 0.0994. The molecule has 0 atom stereocenters. The third kappa shape index (κ3) is 2.46. The Balaban J connectivity index is 2.39. The summed E-state index contributed by atoms with van der Waals surface area (Å²) < 4.78 is 0. The largest absolute Gasteiger partial charge is 0.368 e. The second kappa shape index (κ2) is 5.35. The number of primary amides is 1. The Kier molecular flexibility index (Phi) is 3.81. The first-order valence-corrected chi connectivity index (χ1v) is 6.39. The van der Waals surface area contributed by atoms with Crippen LogP contribution in [-0.4, -0.2) is 37.1 Å². The first-order chi connectivity index (χ1) is 8.63. The van der Waals surface area contributed by atoms with Crippen molar-refractivity contribution in [2.45, 2.75) is 20.3 Å². The van der Waals surface area contributed by atoms with Crippen molar-refractivity contribution in [1.29, 1.82) is 0 Å². The topological polar surface area (TPSA) is 71.2 Å². The van der Waals surface area contributed by atoms with Gasteiger partial charge in [-0.05, 0) is 25.0 Å². The minimum absolute atomic E-state index is 0.411. The van der Waals surface area contributed by atoms with Crippen LogP contribution in [0.5, 0.6) is 0 Å². The van der Waals surface area contributed by atoms with Gasteiger partial charge in [-0.3, -0.25) is 4.79 Å². The maximum absolute atomic E-state index is 11.4. The van der Waals surface area contributed by atoms with Gasteiger partial charge in [-0.2, -0.15) is 0 Å². The Bertz CT molecular complexity index is 453. The molecule has 0 spiro atoms. The van der Waals surface area contributed by atoms with Crippen molar-refractivity contribution in [3.63, 3.8) is 0 Å². The molecule has 0 aliphatic carbocycles. The van der Waals surface area contributed by atoms with Crippen LogP contribution in [-0.2, 0) is 6.42 Å². The van der Waals surface area contributed by atoms with Crippen LogP contribution in [0.2, 0.25) is 0 Å². The third-order valence-corrected chi connectivity index (χ3v) is 3.34. The van der Waals surface area contributed by atoms with Gasteiger partial charge in [-0.15, -0.1) is 0 Å². The zero-order chi connectivity index (χ0) is 13.1. The van der Waals surface area contributed by atoms with Gasteiger partial charge in [0.25, 0.3) is 5.91 Å². The normalized spacial score (nSPS) is 15.8. The Hall–Kier alpha value is -1.62. The molecule has 1 saturated heterocycles. The summed E-state index contributed by atoms with van der Waals surface area (Å²) in [6.45, 7) is 7.86. The van der Waals surface area contributed by atoms with E-state index in [0.29, 0.717) is 5.69 Å². The number of nitrogens with two attached hydrogens (primary N) is 1. The minimum Gasteiger partial charge on any atom is -0.368 e. The number of rotatable bonds is 3. The molecule has 1 aromatic rings. The van der Waals surface area contributed by atoms with Gasteiger partial charge in [-0.1, -0.05) is 6.92 Å². The number of nitrogens with zero attached hydrogens (tertiary/aromatic N) is 2. The number of pyridine rings is 1. The van der Waals surface area contributed by atoms with Gasteiger partial charge < -0.3 is 16.0 Å². The summed E-state index contributed by atoms with van der Waals surface area (Å²) in [6.07, 6.45) is 0.768. The highest BCUT2D eigenvalue weighted by molar-refractivity contribution is 5.92. The number of nitrogens with one attached hydrogen (secondary N) is 1. The minimum atomic E-state index is -0.443. The summed E-state index contributed by atoms with van der Waals surface area (Å²) in [5, 5.41) is 3.33. The van der Waals surface area contributed by atoms with Crippen molar-refractivity contribution in [2.24, 2.45) is 5.73 Å². The van der Waals surface area contributed by atoms with Crippen molar-refractivity contribution in [3.05, 3.63) is 23.0 Å². The molecule has 5 heteroatoms. The SMILES string of the molecule is CCc1cc(N2CCNCC2)c(C)nc1C(N)=O. The summed E-state index contributed by atoms with van der Waals surface area (Å²) in [5.41, 5.74) is 8.71. The Morgan fingerprint density at radius 3 is 2.72 bits per heavy atom. The van der Waals surface area contributed by atoms with Crippen LogP contribution < -0.4 is 16.0 Å². The van der Waals surface area contributed by atoms with Gasteiger partial charge in [0, 0.05) is 26.2 Å². The first kappa shape index (κ1) is 12.8. The van der Waals surface area contributed by atoms with Crippen LogP contribution in [0.1, 0.15) is 28.7 Å². The van der Waals surface area contributed by atoms with Crippen molar-refractivity contribution in [2.75, 3.05) is 31.1 Å². The highest BCUT2D eigenvalue weighted by Gasteiger charge is 2.17. The monoisotopic (exact) mass is 248 g/mol. The van der Waals surface area contributed by atoms with Crippen LogP contribution in [0.15, 0.2) is 6.07 Å². The van der Waals surface area contributed by atoms with E-state index in [9.17, 15) is 4.79 Å². The van der Waals surface area contributed by atoms with Crippen LogP contribution in [0.3, 0.4) is 0 Å². The predicted octanol–water partition coefficient (Wildman–Crippen LogP) is 0.461. The molecule has 2 heterocycles. The highest BCUT2D eigenvalue weighted by atomic mass is 16.1. The molecular formula is C13H20N4O. The second-order valence-corrected chi connectivity index (χ2v) is 4.56. The van der Waals surface area contributed by atoms with E-state index < -0.39 is 5.91 Å². The van der Waals surface area contributed by atoms with Gasteiger partial charge >= 0.3 is 0 Å². The maximum atomic E-state index is 11.4. The quantitative estimate of drug-likeness (QED) is 0.815. The number of carbonyl (C=O) groups is 1. The van der Waals surface area contributed by atoms with Crippen molar-refractivity contribution in [1.82, 2.24) is 10.3 Å². The number of amides is 1. The lowest BCUT2D eigenvalue weighted by atomic mass is 10.1. The Labute approximate surface area is 107 Å². The Morgan fingerprint density at radius 2 is 2.17 bits per heavy atom. The third-order valence-electron chi connectivity index (χ3n) is 3.34. The molecule has 0 saturated carbocycles. The molecule has 1 aromatic heterocycles. The molecule has 0 aromatic carbocycles. The number of piperazine rings is 1. The van der Waals surface area contributed by atoms with Gasteiger partial charge in [0.2, 0.25) is 0 Å². The summed E-state index contributed by atoms with van der Waals surface area (Å²) in [4.78, 5) is 18.0. The van der Waals surface area contributed by atoms with Crippen LogP contribution in [0.25, 0.3) is 0 Å². The van der Waals surface area contributed by atoms with Gasteiger partial charge in [0.1, 0.15) is 5.69 Å². The molecule has 0 unspecified atom stereocenters. The van der Waals surface area contributed by atoms with E-state index in [-0.39, 0.29) is 0 Å². The van der Waals surface area contributed by atoms with E-state index in [1.165, 1.54) is 0 Å². The van der Waals surface area contributed by atoms with E-state index >= 15 is 0 Å². The van der Waals surface area contributed by atoms with E-state index in [2.05, 4.69) is 21.3 Å². The highest BCUT2D eigenvalue weighted by Crippen LogP contribution is 2.22. The van der Waals surface area contributed by atoms with Crippen LogP contribution in [0.4, 0.5) is 5.69 Å². The number of carbonyl (C=O) groups excluding carboxylic acids is 1. The van der Waals surface area contributed by atoms with Gasteiger partial charge in [0.15, 0.2) is 0 Å². The van der Waals surface area contributed by atoms with E-state index in [1.54, 1.807) is 0 Å². The fraction of sp³-hybridized carbons (Fsp3) is 0.538. The van der Waals surface area contributed by atoms with Crippen LogP contribution in [0, 0.1) is 6.92 Å². The smallest absolute Gasteiger partial charge is 0.267 e. The number of aromatic nitrogens is 1. The molecule has 5 nitrogen and oxygen atoms in total. The zero-order valence-corrected chi connectivity index (χ0v) is 11.0. The molecule has 98 valence electrons. The lowest BCUT2D eigenvalue weighted by Crippen LogP contribution is -2.44. The van der Waals surface area contributed by atoms with Gasteiger partial charge in [-0.25, -0.2) is 4.98 Å². The van der Waals surface area contributed by atoms with E-state index in [4.69, 9.17) is 5.73 Å². The van der Waals surface area contributed by atoms with E-state index in [0.717, 1.165) is 49.5 Å². The standard InChI is InChI=1S/C13H20N4O/c1-3-10-8-11(17-6-4-15-5-7-17)9(2)16-12(10)13(14)18/h8,15H,3-7H2,1-2H3,(H2,14,18). The number of hydrogen-bond acceptors (Lipinski definition) is 4. The lowest BCUT2D eigenvalue weighted by Gasteiger charge is -2.30. The van der Waals surface area contributed by atoms with Crippen molar-refractivity contribution < 1.29 is 4.79 Å². The molecule has 1 amide bonds. The number of anilines is 1. The predicted molar refractivity (Wildman–Crippen MR) is 72.0 cm³/mol. The van der Waals surface area contributed by atoms with Crippen molar-refractivity contribution in [3.8, 4) is 0 Å². The first-order valence-electron chi connectivity index (χ1n) is 6.39. The summed E-state index contributed by atoms with van der Waals surface area (Å²) in [7, 11) is 0. The molecule has 0 bridgehead atoms. The average Bonchev–Trinajstić information content (AvgIpc) is 2.39. The molecule has 1 fully saturated rings.